The van der Waals surface area contributed by atoms with Crippen LogP contribution >= 0.6 is 12.4 Å². The van der Waals surface area contributed by atoms with Crippen molar-refractivity contribution in [1.82, 2.24) is 10.6 Å². The Kier molecular flexibility index (Phi) is 19.0. The van der Waals surface area contributed by atoms with Crippen LogP contribution in [0.1, 0.15) is 0 Å². The second kappa shape index (κ2) is 13.7. The van der Waals surface area contributed by atoms with Crippen molar-refractivity contribution in [3.05, 3.63) is 0 Å². The molecule has 0 atom stereocenters. The van der Waals surface area contributed by atoms with E-state index in [1.54, 1.807) is 14.1 Å². The molecule has 0 aromatic rings. The average Bonchev–Trinajstić information content (AvgIpc) is 1.87. The van der Waals surface area contributed by atoms with E-state index in [0.29, 0.717) is 0 Å². The molecular formula is C6H15ClN2O4. The largest absolute Gasteiger partial charge is 0.480 e. The number of aliphatic carboxylic acids is 2. The lowest BCUT2D eigenvalue weighted by atomic mass is 10.7. The highest BCUT2D eigenvalue weighted by Crippen LogP contribution is 1.51. The Balaban J connectivity index is -0.000000143. The summed E-state index contributed by atoms with van der Waals surface area (Å²) in [6.45, 7) is 0.0833. The van der Waals surface area contributed by atoms with Crippen LogP contribution in [-0.4, -0.2) is 49.3 Å². The molecule has 0 aromatic carbocycles. The minimum atomic E-state index is -0.822. The molecule has 13 heavy (non-hydrogen) atoms. The van der Waals surface area contributed by atoms with Gasteiger partial charge in [-0.3, -0.25) is 9.59 Å². The standard InChI is InChI=1S/2C3H7NO2.ClH/c2*1-4-2-3(5)6;/h2*4H,2H2,1H3,(H,5,6);1H. The van der Waals surface area contributed by atoms with E-state index in [0.717, 1.165) is 0 Å². The molecule has 0 bridgehead atoms. The van der Waals surface area contributed by atoms with Gasteiger partial charge in [-0.1, -0.05) is 0 Å². The van der Waals surface area contributed by atoms with Crippen molar-refractivity contribution in [1.29, 1.82) is 0 Å². The van der Waals surface area contributed by atoms with E-state index in [4.69, 9.17) is 10.2 Å². The molecule has 6 nitrogen and oxygen atoms in total. The van der Waals surface area contributed by atoms with Crippen LogP contribution in [0.4, 0.5) is 0 Å². The van der Waals surface area contributed by atoms with E-state index < -0.39 is 11.9 Å². The molecule has 0 unspecified atom stereocenters. The number of rotatable bonds is 4. The highest BCUT2D eigenvalue weighted by molar-refractivity contribution is 5.85. The highest BCUT2D eigenvalue weighted by atomic mass is 35.5. The smallest absolute Gasteiger partial charge is 0.317 e. The maximum atomic E-state index is 9.54. The summed E-state index contributed by atoms with van der Waals surface area (Å²) in [7, 11) is 3.18. The molecule has 4 N–H and O–H groups in total. The van der Waals surface area contributed by atoms with Crippen molar-refractivity contribution < 1.29 is 19.8 Å². The SMILES string of the molecule is CNCC(=O)O.CNCC(=O)O.Cl. The van der Waals surface area contributed by atoms with Gasteiger partial charge in [0.25, 0.3) is 0 Å². The van der Waals surface area contributed by atoms with Gasteiger partial charge in [-0.15, -0.1) is 12.4 Å². The van der Waals surface area contributed by atoms with E-state index in [-0.39, 0.29) is 25.5 Å². The van der Waals surface area contributed by atoms with Crippen LogP contribution in [0.15, 0.2) is 0 Å². The van der Waals surface area contributed by atoms with Crippen LogP contribution in [0.25, 0.3) is 0 Å². The van der Waals surface area contributed by atoms with Crippen LogP contribution in [0.5, 0.6) is 0 Å². The minimum absolute atomic E-state index is 0. The fourth-order valence-corrected chi connectivity index (χ4v) is 0.302. The lowest BCUT2D eigenvalue weighted by Gasteiger charge is -1.84. The van der Waals surface area contributed by atoms with E-state index in [9.17, 15) is 9.59 Å². The Morgan fingerprint density at radius 3 is 1.23 bits per heavy atom. The minimum Gasteiger partial charge on any atom is -0.480 e. The van der Waals surface area contributed by atoms with Crippen LogP contribution in [-0.2, 0) is 9.59 Å². The summed E-state index contributed by atoms with van der Waals surface area (Å²) in [4.78, 5) is 19.1. The quantitative estimate of drug-likeness (QED) is 0.479. The second-order valence-electron chi connectivity index (χ2n) is 1.85. The third-order valence-electron chi connectivity index (χ3n) is 0.656. The van der Waals surface area contributed by atoms with Gasteiger partial charge in [0.15, 0.2) is 0 Å². The topological polar surface area (TPSA) is 98.7 Å². The maximum absolute atomic E-state index is 9.54. The van der Waals surface area contributed by atoms with E-state index >= 15 is 0 Å². The first-order valence-corrected chi connectivity index (χ1v) is 3.27. The van der Waals surface area contributed by atoms with E-state index in [2.05, 4.69) is 10.6 Å². The first-order chi connectivity index (χ1) is 5.54. The second-order valence-corrected chi connectivity index (χ2v) is 1.85. The Labute approximate surface area is 82.7 Å². The van der Waals surface area contributed by atoms with Crippen molar-refractivity contribution in [2.45, 2.75) is 0 Å². The fourth-order valence-electron chi connectivity index (χ4n) is 0.302. The molecule has 0 saturated carbocycles. The Hall–Kier alpha value is -0.850. The molecule has 0 amide bonds. The molecule has 0 rings (SSSR count). The van der Waals surface area contributed by atoms with Crippen molar-refractivity contribution in [3.63, 3.8) is 0 Å². The molecule has 0 aliphatic rings. The van der Waals surface area contributed by atoms with Crippen molar-refractivity contribution in [2.24, 2.45) is 0 Å². The predicted molar refractivity (Wildman–Crippen MR) is 50.4 cm³/mol. The molecule has 80 valence electrons. The third kappa shape index (κ3) is 35.2. The summed E-state index contributed by atoms with van der Waals surface area (Å²) in [6, 6.07) is 0. The maximum Gasteiger partial charge on any atom is 0.317 e. The van der Waals surface area contributed by atoms with Gasteiger partial charge in [-0.05, 0) is 14.1 Å². The highest BCUT2D eigenvalue weighted by Gasteiger charge is 1.86. The summed E-state index contributed by atoms with van der Waals surface area (Å²) in [5.74, 6) is -1.64. The average molecular weight is 215 g/mol. The molecule has 0 fully saturated rings. The zero-order valence-corrected chi connectivity index (χ0v) is 8.35. The van der Waals surface area contributed by atoms with Gasteiger partial charge in [-0.2, -0.15) is 0 Å². The number of nitrogens with one attached hydrogen (secondary N) is 2. The van der Waals surface area contributed by atoms with Gasteiger partial charge in [0, 0.05) is 0 Å². The van der Waals surface area contributed by atoms with Gasteiger partial charge in [-0.25, -0.2) is 0 Å². The van der Waals surface area contributed by atoms with E-state index in [1.807, 2.05) is 0 Å². The fraction of sp³-hybridized carbons (Fsp3) is 0.667. The number of carboxylic acids is 2. The van der Waals surface area contributed by atoms with Crippen LogP contribution in [0.3, 0.4) is 0 Å². The summed E-state index contributed by atoms with van der Waals surface area (Å²) >= 11 is 0. The lowest BCUT2D eigenvalue weighted by Crippen LogP contribution is -2.16. The number of carboxylic acid groups (broad SMARTS) is 2. The first kappa shape index (κ1) is 18.0. The lowest BCUT2D eigenvalue weighted by molar-refractivity contribution is -0.136. The molecule has 0 aliphatic carbocycles. The molecule has 0 radical (unpaired) electrons. The number of carbonyl (C=O) groups is 2. The van der Waals surface area contributed by atoms with Crippen molar-refractivity contribution >= 4 is 24.3 Å². The number of likely N-dealkylation sites (N-methyl/N-ethyl adjacent to an activating group) is 2. The van der Waals surface area contributed by atoms with Crippen molar-refractivity contribution in [2.75, 3.05) is 27.2 Å². The molecule has 0 spiro atoms. The Morgan fingerprint density at radius 1 is 1.00 bits per heavy atom. The van der Waals surface area contributed by atoms with Gasteiger partial charge >= 0.3 is 11.9 Å². The van der Waals surface area contributed by atoms with Crippen LogP contribution in [0.2, 0.25) is 0 Å². The Morgan fingerprint density at radius 2 is 1.23 bits per heavy atom. The van der Waals surface area contributed by atoms with Gasteiger partial charge in [0.1, 0.15) is 0 Å². The zero-order chi connectivity index (χ0) is 9.98. The monoisotopic (exact) mass is 214 g/mol. The summed E-state index contributed by atoms with van der Waals surface area (Å²) in [5, 5.41) is 20.6. The van der Waals surface area contributed by atoms with Crippen molar-refractivity contribution in [3.8, 4) is 0 Å². The molecule has 0 aromatic heterocycles. The molecule has 0 saturated heterocycles. The van der Waals surface area contributed by atoms with E-state index in [1.165, 1.54) is 0 Å². The summed E-state index contributed by atoms with van der Waals surface area (Å²) < 4.78 is 0. The number of hydrogen-bond acceptors (Lipinski definition) is 4. The third-order valence-corrected chi connectivity index (χ3v) is 0.656. The summed E-state index contributed by atoms with van der Waals surface area (Å²) in [5.41, 5.74) is 0. The number of hydrogen-bond donors (Lipinski definition) is 4. The Bertz CT molecular complexity index is 127. The van der Waals surface area contributed by atoms with Gasteiger partial charge in [0.05, 0.1) is 13.1 Å². The summed E-state index contributed by atoms with van der Waals surface area (Å²) in [6.07, 6.45) is 0. The first-order valence-electron chi connectivity index (χ1n) is 3.27. The van der Waals surface area contributed by atoms with Crippen LogP contribution in [0, 0.1) is 0 Å². The predicted octanol–water partition coefficient (Wildman–Crippen LogP) is -0.997. The van der Waals surface area contributed by atoms with Gasteiger partial charge < -0.3 is 20.8 Å². The number of halogens is 1. The molecular weight excluding hydrogens is 200 g/mol. The molecule has 0 heterocycles. The van der Waals surface area contributed by atoms with Crippen LogP contribution < -0.4 is 10.6 Å². The van der Waals surface area contributed by atoms with Gasteiger partial charge in [0.2, 0.25) is 0 Å². The molecule has 7 heteroatoms. The normalized spacial score (nSPS) is 7.54. The molecule has 0 aliphatic heterocycles. The zero-order valence-electron chi connectivity index (χ0n) is 7.53.